The molecule has 0 aliphatic rings. The average Bonchev–Trinajstić information content (AvgIpc) is 2.88. The Morgan fingerprint density at radius 3 is 2.47 bits per heavy atom. The van der Waals surface area contributed by atoms with E-state index >= 15 is 0 Å². The third-order valence-corrected chi connectivity index (χ3v) is 5.14. The van der Waals surface area contributed by atoms with Crippen LogP contribution in [0.15, 0.2) is 85.3 Å². The number of amides is 1. The van der Waals surface area contributed by atoms with Crippen molar-refractivity contribution in [2.45, 2.75) is 13.0 Å². The summed E-state index contributed by atoms with van der Waals surface area (Å²) in [5, 5.41) is 15.3. The van der Waals surface area contributed by atoms with E-state index in [1.165, 1.54) is 12.1 Å². The number of aromatic nitrogens is 3. The molecule has 3 aromatic heterocycles. The van der Waals surface area contributed by atoms with Gasteiger partial charge in [0.15, 0.2) is 0 Å². The van der Waals surface area contributed by atoms with E-state index in [9.17, 15) is 9.59 Å². The van der Waals surface area contributed by atoms with E-state index in [4.69, 9.17) is 5.11 Å². The van der Waals surface area contributed by atoms with Crippen molar-refractivity contribution in [2.75, 3.05) is 11.9 Å². The second kappa shape index (κ2) is 10.8. The molecule has 34 heavy (non-hydrogen) atoms. The summed E-state index contributed by atoms with van der Waals surface area (Å²) >= 11 is 0. The zero-order chi connectivity index (χ0) is 23.8. The Kier molecular flexibility index (Phi) is 7.19. The monoisotopic (exact) mass is 453 g/mol. The van der Waals surface area contributed by atoms with E-state index in [-0.39, 0.29) is 11.5 Å². The Balaban J connectivity index is 1.55. The number of anilines is 1. The van der Waals surface area contributed by atoms with E-state index in [1.54, 1.807) is 42.9 Å². The molecule has 4 aromatic rings. The lowest BCUT2D eigenvalue weighted by molar-refractivity contribution is 0.0696. The molecule has 1 amide bonds. The Morgan fingerprint density at radius 1 is 0.912 bits per heavy atom. The molecule has 0 fully saturated rings. The maximum atomic E-state index is 13.0. The van der Waals surface area contributed by atoms with Gasteiger partial charge in [-0.25, -0.2) is 9.78 Å². The summed E-state index contributed by atoms with van der Waals surface area (Å²) in [6.07, 6.45) is 5.79. The molecule has 0 unspecified atom stereocenters. The molecule has 0 saturated carbocycles. The Bertz CT molecular complexity index is 1260. The van der Waals surface area contributed by atoms with Gasteiger partial charge in [-0.2, -0.15) is 0 Å². The molecule has 0 radical (unpaired) electrons. The van der Waals surface area contributed by atoms with Gasteiger partial charge in [-0.3, -0.25) is 14.8 Å². The van der Waals surface area contributed by atoms with Gasteiger partial charge in [0.25, 0.3) is 5.91 Å². The molecule has 0 aliphatic carbocycles. The van der Waals surface area contributed by atoms with Gasteiger partial charge >= 0.3 is 5.97 Å². The molecular formula is C26H23N5O3. The van der Waals surface area contributed by atoms with Crippen LogP contribution in [0.5, 0.6) is 0 Å². The number of hydrogen-bond donors (Lipinski definition) is 3. The van der Waals surface area contributed by atoms with Gasteiger partial charge in [0, 0.05) is 49.4 Å². The third-order valence-electron chi connectivity index (χ3n) is 5.14. The van der Waals surface area contributed by atoms with E-state index in [2.05, 4.69) is 25.6 Å². The highest BCUT2D eigenvalue weighted by Crippen LogP contribution is 2.23. The summed E-state index contributed by atoms with van der Waals surface area (Å²) in [6.45, 7) is 0.882. The number of hydrogen-bond acceptors (Lipinski definition) is 6. The summed E-state index contributed by atoms with van der Waals surface area (Å²) in [7, 11) is 0. The van der Waals surface area contributed by atoms with Crippen LogP contribution in [0.25, 0.3) is 11.3 Å². The minimum Gasteiger partial charge on any atom is -0.478 e. The molecule has 4 rings (SSSR count). The third kappa shape index (κ3) is 5.80. The van der Waals surface area contributed by atoms with Crippen LogP contribution >= 0.6 is 0 Å². The minimum absolute atomic E-state index is 0.198. The highest BCUT2D eigenvalue weighted by Gasteiger charge is 2.15. The summed E-state index contributed by atoms with van der Waals surface area (Å²) in [4.78, 5) is 37.2. The van der Waals surface area contributed by atoms with Crippen molar-refractivity contribution in [3.8, 4) is 11.3 Å². The number of carboxylic acids is 1. The van der Waals surface area contributed by atoms with Crippen LogP contribution in [-0.4, -0.2) is 38.5 Å². The number of carbonyl (C=O) groups excluding carboxylic acids is 1. The van der Waals surface area contributed by atoms with Crippen molar-refractivity contribution in [1.29, 1.82) is 0 Å². The standard InChI is InChI=1S/C26H23N5O3/c32-25(30-17-18-4-3-13-27-16-18)22-10-11-23(19-6-8-20(9-7-19)26(33)34)31-24(22)29-15-12-21-5-1-2-14-28-21/h1-11,13-14,16H,12,15,17H2,(H,29,31)(H,30,32)(H,33,34). The molecule has 0 bridgehead atoms. The molecule has 8 nitrogen and oxygen atoms in total. The molecule has 3 heterocycles. The Morgan fingerprint density at radius 2 is 1.76 bits per heavy atom. The minimum atomic E-state index is -0.989. The first-order chi connectivity index (χ1) is 16.6. The topological polar surface area (TPSA) is 117 Å². The maximum absolute atomic E-state index is 13.0. The lowest BCUT2D eigenvalue weighted by Crippen LogP contribution is -2.25. The number of benzene rings is 1. The lowest BCUT2D eigenvalue weighted by Gasteiger charge is -2.13. The highest BCUT2D eigenvalue weighted by molar-refractivity contribution is 5.99. The van der Waals surface area contributed by atoms with Crippen molar-refractivity contribution in [2.24, 2.45) is 0 Å². The first-order valence-corrected chi connectivity index (χ1v) is 10.8. The fourth-order valence-electron chi connectivity index (χ4n) is 3.36. The lowest BCUT2D eigenvalue weighted by atomic mass is 10.1. The van der Waals surface area contributed by atoms with Gasteiger partial charge in [-0.05, 0) is 48.0 Å². The number of carbonyl (C=O) groups is 2. The molecular weight excluding hydrogens is 430 g/mol. The van der Waals surface area contributed by atoms with Crippen LogP contribution in [0.3, 0.4) is 0 Å². The summed E-state index contributed by atoms with van der Waals surface area (Å²) in [6, 6.07) is 19.4. The Hall–Kier alpha value is -4.59. The largest absolute Gasteiger partial charge is 0.478 e. The second-order valence-electron chi connectivity index (χ2n) is 7.52. The molecule has 0 aliphatic heterocycles. The fourth-order valence-corrected chi connectivity index (χ4v) is 3.36. The van der Waals surface area contributed by atoms with Gasteiger partial charge in [-0.15, -0.1) is 0 Å². The molecule has 170 valence electrons. The van der Waals surface area contributed by atoms with Gasteiger partial charge < -0.3 is 15.7 Å². The number of nitrogens with one attached hydrogen (secondary N) is 2. The van der Waals surface area contributed by atoms with Crippen molar-refractivity contribution in [3.63, 3.8) is 0 Å². The number of nitrogens with zero attached hydrogens (tertiary/aromatic N) is 3. The summed E-state index contributed by atoms with van der Waals surface area (Å²) in [5.41, 5.74) is 3.81. The van der Waals surface area contributed by atoms with Crippen LogP contribution < -0.4 is 10.6 Å². The normalized spacial score (nSPS) is 10.5. The zero-order valence-electron chi connectivity index (χ0n) is 18.3. The zero-order valence-corrected chi connectivity index (χ0v) is 18.3. The van der Waals surface area contributed by atoms with Crippen LogP contribution in [0, 0.1) is 0 Å². The van der Waals surface area contributed by atoms with Crippen LogP contribution in [0.2, 0.25) is 0 Å². The maximum Gasteiger partial charge on any atom is 0.335 e. The molecule has 0 spiro atoms. The molecule has 1 aromatic carbocycles. The smallest absolute Gasteiger partial charge is 0.335 e. The van der Waals surface area contributed by atoms with Crippen molar-refractivity contribution < 1.29 is 14.7 Å². The number of aromatic carboxylic acids is 1. The van der Waals surface area contributed by atoms with E-state index < -0.39 is 5.97 Å². The van der Waals surface area contributed by atoms with E-state index in [0.717, 1.165) is 16.8 Å². The fraction of sp³-hybridized carbons (Fsp3) is 0.115. The van der Waals surface area contributed by atoms with Crippen molar-refractivity contribution >= 4 is 17.7 Å². The predicted molar refractivity (Wildman–Crippen MR) is 128 cm³/mol. The number of pyridine rings is 3. The van der Waals surface area contributed by atoms with Gasteiger partial charge in [0.2, 0.25) is 0 Å². The van der Waals surface area contributed by atoms with Crippen molar-refractivity contribution in [1.82, 2.24) is 20.3 Å². The SMILES string of the molecule is O=C(O)c1ccc(-c2ccc(C(=O)NCc3cccnc3)c(NCCc3ccccn3)n2)cc1. The highest BCUT2D eigenvalue weighted by atomic mass is 16.4. The van der Waals surface area contributed by atoms with Crippen molar-refractivity contribution in [3.05, 3.63) is 108 Å². The van der Waals surface area contributed by atoms with Gasteiger partial charge in [0.1, 0.15) is 5.82 Å². The Labute approximate surface area is 196 Å². The molecule has 0 atom stereocenters. The van der Waals surface area contributed by atoms with Crippen LogP contribution in [0.1, 0.15) is 32.0 Å². The summed E-state index contributed by atoms with van der Waals surface area (Å²) in [5.74, 6) is -0.805. The van der Waals surface area contributed by atoms with Gasteiger partial charge in [0.05, 0.1) is 16.8 Å². The first-order valence-electron chi connectivity index (χ1n) is 10.8. The number of carboxylic acid groups (broad SMARTS) is 1. The van der Waals surface area contributed by atoms with Gasteiger partial charge in [-0.1, -0.05) is 24.3 Å². The molecule has 0 saturated heterocycles. The molecule has 8 heteroatoms. The van der Waals surface area contributed by atoms with Crippen LogP contribution in [-0.2, 0) is 13.0 Å². The quantitative estimate of drug-likeness (QED) is 0.353. The summed E-state index contributed by atoms with van der Waals surface area (Å²) < 4.78 is 0. The first kappa shape index (κ1) is 22.6. The predicted octanol–water partition coefficient (Wildman–Crippen LogP) is 3.82. The van der Waals surface area contributed by atoms with Crippen LogP contribution in [0.4, 0.5) is 5.82 Å². The van der Waals surface area contributed by atoms with E-state index in [1.807, 2.05) is 30.3 Å². The average molecular weight is 454 g/mol. The molecule has 3 N–H and O–H groups in total. The number of rotatable bonds is 9. The second-order valence-corrected chi connectivity index (χ2v) is 7.52. The van der Waals surface area contributed by atoms with E-state index in [0.29, 0.717) is 36.6 Å².